The zero-order valence-corrected chi connectivity index (χ0v) is 7.51. The third-order valence-corrected chi connectivity index (χ3v) is 3.85. The minimum atomic E-state index is -0.0937. The summed E-state index contributed by atoms with van der Waals surface area (Å²) in [5, 5.41) is 0. The summed E-state index contributed by atoms with van der Waals surface area (Å²) in [6.45, 7) is 0. The van der Waals surface area contributed by atoms with Gasteiger partial charge in [-0.1, -0.05) is 12.8 Å². The van der Waals surface area contributed by atoms with Crippen molar-refractivity contribution in [2.45, 2.75) is 44.9 Å². The molecule has 12 heavy (non-hydrogen) atoms. The topological polar surface area (TPSA) is 43.1 Å². The van der Waals surface area contributed by atoms with Crippen molar-refractivity contribution in [1.29, 1.82) is 0 Å². The van der Waals surface area contributed by atoms with Crippen LogP contribution in [-0.2, 0) is 4.79 Å². The predicted octanol–water partition coefficient (Wildman–Crippen LogP) is 1.83. The van der Waals surface area contributed by atoms with Crippen molar-refractivity contribution in [2.75, 3.05) is 0 Å². The Morgan fingerprint density at radius 3 is 2.42 bits per heavy atom. The lowest BCUT2D eigenvalue weighted by atomic mass is 9.77. The molecular weight excluding hydrogens is 150 g/mol. The molecule has 2 rings (SSSR count). The number of hydrogen-bond acceptors (Lipinski definition) is 1. The van der Waals surface area contributed by atoms with Crippen LogP contribution in [0.15, 0.2) is 0 Å². The van der Waals surface area contributed by atoms with Crippen molar-refractivity contribution in [1.82, 2.24) is 0 Å². The highest BCUT2D eigenvalue weighted by atomic mass is 16.1. The second kappa shape index (κ2) is 2.75. The number of fused-ring (bicyclic) bond motifs is 1. The van der Waals surface area contributed by atoms with Crippen molar-refractivity contribution in [3.8, 4) is 0 Å². The summed E-state index contributed by atoms with van der Waals surface area (Å²) in [6.07, 6.45) is 8.47. The summed E-state index contributed by atoms with van der Waals surface area (Å²) in [5.41, 5.74) is 5.64. The van der Waals surface area contributed by atoms with Crippen LogP contribution in [0, 0.1) is 11.3 Å². The molecule has 2 fully saturated rings. The van der Waals surface area contributed by atoms with Crippen LogP contribution < -0.4 is 5.73 Å². The molecule has 0 radical (unpaired) electrons. The Balaban J connectivity index is 2.11. The van der Waals surface area contributed by atoms with E-state index >= 15 is 0 Å². The first-order valence-corrected chi connectivity index (χ1v) is 5.01. The van der Waals surface area contributed by atoms with Crippen molar-refractivity contribution in [2.24, 2.45) is 17.1 Å². The lowest BCUT2D eigenvalue weighted by Gasteiger charge is -2.27. The fourth-order valence-electron chi connectivity index (χ4n) is 3.36. The van der Waals surface area contributed by atoms with Crippen molar-refractivity contribution < 1.29 is 4.79 Å². The van der Waals surface area contributed by atoms with Crippen molar-refractivity contribution in [3.63, 3.8) is 0 Å². The summed E-state index contributed by atoms with van der Waals surface area (Å²) in [5.74, 6) is 0.730. The van der Waals surface area contributed by atoms with Crippen LogP contribution in [0.5, 0.6) is 0 Å². The van der Waals surface area contributed by atoms with Crippen LogP contribution in [0.1, 0.15) is 44.9 Å². The minimum Gasteiger partial charge on any atom is -0.370 e. The predicted molar refractivity (Wildman–Crippen MR) is 47.4 cm³/mol. The highest BCUT2D eigenvalue weighted by molar-refractivity contribution is 5.74. The Morgan fingerprint density at radius 1 is 1.33 bits per heavy atom. The van der Waals surface area contributed by atoms with Crippen LogP contribution in [0.4, 0.5) is 0 Å². The number of nitrogens with two attached hydrogens (primary N) is 1. The molecule has 0 unspecified atom stereocenters. The molecule has 0 aromatic heterocycles. The molecule has 0 aromatic rings. The van der Waals surface area contributed by atoms with E-state index < -0.39 is 0 Å². The SMILES string of the molecule is NC(=O)CC12CCCC1CCC2. The summed E-state index contributed by atoms with van der Waals surface area (Å²) < 4.78 is 0. The van der Waals surface area contributed by atoms with Gasteiger partial charge < -0.3 is 5.73 Å². The van der Waals surface area contributed by atoms with E-state index in [0.29, 0.717) is 11.8 Å². The summed E-state index contributed by atoms with van der Waals surface area (Å²) in [6, 6.07) is 0. The van der Waals surface area contributed by atoms with Gasteiger partial charge in [-0.2, -0.15) is 0 Å². The first kappa shape index (κ1) is 8.09. The Bertz CT molecular complexity index is 190. The third kappa shape index (κ3) is 1.13. The molecular formula is C10H17NO. The van der Waals surface area contributed by atoms with Gasteiger partial charge in [0.1, 0.15) is 0 Å². The molecule has 1 amide bonds. The summed E-state index contributed by atoms with van der Waals surface area (Å²) in [7, 11) is 0. The van der Waals surface area contributed by atoms with Crippen LogP contribution in [0.3, 0.4) is 0 Å². The summed E-state index contributed by atoms with van der Waals surface area (Å²) in [4.78, 5) is 10.9. The van der Waals surface area contributed by atoms with Crippen LogP contribution in [0.2, 0.25) is 0 Å². The van der Waals surface area contributed by atoms with E-state index in [9.17, 15) is 4.79 Å². The maximum absolute atomic E-state index is 10.9. The highest BCUT2D eigenvalue weighted by Gasteiger charge is 2.46. The Kier molecular flexibility index (Phi) is 1.85. The number of carbonyl (C=O) groups excluding carboxylic acids is 1. The average Bonchev–Trinajstić information content (AvgIpc) is 2.42. The smallest absolute Gasteiger partial charge is 0.217 e. The molecule has 2 saturated carbocycles. The lowest BCUT2D eigenvalue weighted by molar-refractivity contribution is -0.120. The van der Waals surface area contributed by atoms with E-state index in [2.05, 4.69) is 0 Å². The molecule has 0 atom stereocenters. The fourth-order valence-corrected chi connectivity index (χ4v) is 3.36. The van der Waals surface area contributed by atoms with E-state index in [-0.39, 0.29) is 5.91 Å². The first-order valence-electron chi connectivity index (χ1n) is 5.01. The number of rotatable bonds is 2. The van der Waals surface area contributed by atoms with Crippen LogP contribution in [-0.4, -0.2) is 5.91 Å². The molecule has 68 valence electrons. The van der Waals surface area contributed by atoms with E-state index in [1.54, 1.807) is 0 Å². The molecule has 0 heterocycles. The molecule has 2 aliphatic carbocycles. The number of carbonyl (C=O) groups is 1. The van der Waals surface area contributed by atoms with Crippen molar-refractivity contribution >= 4 is 5.91 Å². The standard InChI is InChI=1S/C10H17NO/c11-9(12)7-10-5-1-3-8(10)4-2-6-10/h8H,1-7H2,(H2,11,12). The zero-order valence-electron chi connectivity index (χ0n) is 7.51. The highest BCUT2D eigenvalue weighted by Crippen LogP contribution is 2.55. The van der Waals surface area contributed by atoms with Gasteiger partial charge in [-0.15, -0.1) is 0 Å². The van der Waals surface area contributed by atoms with Crippen LogP contribution in [0.25, 0.3) is 0 Å². The molecule has 2 heteroatoms. The molecule has 0 bridgehead atoms. The molecule has 0 saturated heterocycles. The zero-order chi connectivity index (χ0) is 8.60. The minimum absolute atomic E-state index is 0.0937. The molecule has 0 spiro atoms. The first-order chi connectivity index (χ1) is 5.73. The van der Waals surface area contributed by atoms with Gasteiger partial charge in [-0.3, -0.25) is 4.79 Å². The van der Waals surface area contributed by atoms with E-state index in [1.165, 1.54) is 38.5 Å². The second-order valence-electron chi connectivity index (χ2n) is 4.49. The second-order valence-corrected chi connectivity index (χ2v) is 4.49. The molecule has 0 aliphatic heterocycles. The maximum Gasteiger partial charge on any atom is 0.217 e. The Hall–Kier alpha value is -0.530. The molecule has 2 N–H and O–H groups in total. The number of amides is 1. The van der Waals surface area contributed by atoms with E-state index in [1.807, 2.05) is 0 Å². The third-order valence-electron chi connectivity index (χ3n) is 3.85. The maximum atomic E-state index is 10.9. The summed E-state index contributed by atoms with van der Waals surface area (Å²) >= 11 is 0. The van der Waals surface area contributed by atoms with Gasteiger partial charge in [-0.25, -0.2) is 0 Å². The molecule has 2 aliphatic rings. The van der Waals surface area contributed by atoms with Gasteiger partial charge in [0.15, 0.2) is 0 Å². The largest absolute Gasteiger partial charge is 0.370 e. The fraction of sp³-hybridized carbons (Fsp3) is 0.900. The average molecular weight is 167 g/mol. The molecule has 0 aromatic carbocycles. The van der Waals surface area contributed by atoms with Gasteiger partial charge >= 0.3 is 0 Å². The van der Waals surface area contributed by atoms with Gasteiger partial charge in [0, 0.05) is 6.42 Å². The number of primary amides is 1. The van der Waals surface area contributed by atoms with E-state index in [4.69, 9.17) is 5.73 Å². The number of hydrogen-bond donors (Lipinski definition) is 1. The van der Waals surface area contributed by atoms with Gasteiger partial charge in [0.05, 0.1) is 0 Å². The Morgan fingerprint density at radius 2 is 1.92 bits per heavy atom. The normalized spacial score (nSPS) is 39.8. The van der Waals surface area contributed by atoms with Gasteiger partial charge in [-0.05, 0) is 37.0 Å². The van der Waals surface area contributed by atoms with Gasteiger partial charge in [0.2, 0.25) is 5.91 Å². The van der Waals surface area contributed by atoms with E-state index in [0.717, 1.165) is 5.92 Å². The van der Waals surface area contributed by atoms with Crippen LogP contribution >= 0.6 is 0 Å². The monoisotopic (exact) mass is 167 g/mol. The Labute approximate surface area is 73.5 Å². The molecule has 2 nitrogen and oxygen atoms in total. The van der Waals surface area contributed by atoms with Crippen molar-refractivity contribution in [3.05, 3.63) is 0 Å². The lowest BCUT2D eigenvalue weighted by Crippen LogP contribution is -2.27. The van der Waals surface area contributed by atoms with Gasteiger partial charge in [0.25, 0.3) is 0 Å². The quantitative estimate of drug-likeness (QED) is 0.670.